The predicted octanol–water partition coefficient (Wildman–Crippen LogP) is 2.87. The maximum Gasteiger partial charge on any atom is 0.422 e. The lowest BCUT2D eigenvalue weighted by molar-refractivity contribution is 0.104. The Kier molecular flexibility index (Phi) is 4.24. The van der Waals surface area contributed by atoms with Crippen molar-refractivity contribution in [1.82, 2.24) is 4.57 Å². The molecule has 0 spiro atoms. The highest BCUT2D eigenvalue weighted by Gasteiger charge is 2.08. The number of nitrogens with zero attached hydrogens (tertiary/aromatic N) is 1. The van der Waals surface area contributed by atoms with Crippen molar-refractivity contribution in [3.8, 4) is 0 Å². The highest BCUT2D eigenvalue weighted by molar-refractivity contribution is 6.06. The minimum Gasteiger partial charge on any atom is -0.409 e. The van der Waals surface area contributed by atoms with Gasteiger partial charge in [-0.15, -0.1) is 0 Å². The maximum atomic E-state index is 12.3. The summed E-state index contributed by atoms with van der Waals surface area (Å²) in [5.41, 5.74) is 1.11. The molecule has 3 aromatic rings. The fourth-order valence-corrected chi connectivity index (χ4v) is 2.43. The second-order valence-electron chi connectivity index (χ2n) is 5.24. The number of ketones is 1. The summed E-state index contributed by atoms with van der Waals surface area (Å²) in [6.45, 7) is 1.94. The van der Waals surface area contributed by atoms with Crippen LogP contribution in [0.2, 0.25) is 0 Å². The molecule has 5 nitrogen and oxygen atoms in total. The molecule has 0 saturated carbocycles. The molecule has 0 radical (unpaired) electrons. The zero-order chi connectivity index (χ0) is 17.1. The second kappa shape index (κ2) is 6.50. The number of hydrogen-bond donors (Lipinski definition) is 0. The second-order valence-corrected chi connectivity index (χ2v) is 5.24. The minimum atomic E-state index is -0.669. The predicted molar refractivity (Wildman–Crippen MR) is 92.2 cm³/mol. The molecule has 0 saturated heterocycles. The van der Waals surface area contributed by atoms with Gasteiger partial charge in [0.25, 0.3) is 5.56 Å². The number of rotatable bonds is 4. The normalized spacial score (nSPS) is 11.2. The van der Waals surface area contributed by atoms with Crippen LogP contribution in [0.15, 0.2) is 68.6 Å². The van der Waals surface area contributed by atoms with E-state index < -0.39 is 11.3 Å². The van der Waals surface area contributed by atoms with E-state index in [1.54, 1.807) is 55.5 Å². The quantitative estimate of drug-likeness (QED) is 0.547. The first-order chi connectivity index (χ1) is 11.6. The molecule has 0 fully saturated rings. The number of allylic oxidation sites excluding steroid dienone is 1. The van der Waals surface area contributed by atoms with Crippen LogP contribution in [-0.2, 0) is 6.54 Å². The van der Waals surface area contributed by atoms with Crippen LogP contribution in [0.1, 0.15) is 22.8 Å². The third-order valence-electron chi connectivity index (χ3n) is 3.70. The first kappa shape index (κ1) is 15.7. The molecular formula is C19H15NO4. The summed E-state index contributed by atoms with van der Waals surface area (Å²) in [5.74, 6) is -0.793. The highest BCUT2D eigenvalue weighted by atomic mass is 16.4. The van der Waals surface area contributed by atoms with E-state index in [0.717, 1.165) is 4.57 Å². The fourth-order valence-electron chi connectivity index (χ4n) is 2.43. The number of fused-ring (bicyclic) bond motifs is 1. The van der Waals surface area contributed by atoms with E-state index in [4.69, 9.17) is 4.42 Å². The van der Waals surface area contributed by atoms with E-state index in [0.29, 0.717) is 16.5 Å². The van der Waals surface area contributed by atoms with Crippen LogP contribution < -0.4 is 11.3 Å². The lowest BCUT2D eigenvalue weighted by atomic mass is 10.1. The SMILES string of the molecule is CCn1c(=O)oc2ccc(/C=C/C(=O)c3ccccc3)cc2c1=O. The van der Waals surface area contributed by atoms with Crippen LogP contribution >= 0.6 is 0 Å². The number of hydrogen-bond acceptors (Lipinski definition) is 4. The average Bonchev–Trinajstić information content (AvgIpc) is 2.61. The Labute approximate surface area is 137 Å². The number of aromatic nitrogens is 1. The standard InChI is InChI=1S/C19H15NO4/c1-2-20-18(22)15-12-13(9-11-17(15)24-19(20)23)8-10-16(21)14-6-4-3-5-7-14/h3-12H,2H2,1H3/b10-8+. The Bertz CT molecular complexity index is 1040. The summed E-state index contributed by atoms with van der Waals surface area (Å²) in [4.78, 5) is 36.1. The molecule has 0 unspecified atom stereocenters. The number of carbonyl (C=O) groups excluding carboxylic acids is 1. The monoisotopic (exact) mass is 321 g/mol. The Balaban J connectivity index is 1.99. The average molecular weight is 321 g/mol. The molecule has 1 heterocycles. The Morgan fingerprint density at radius 3 is 2.58 bits per heavy atom. The summed E-state index contributed by atoms with van der Waals surface area (Å²) in [6, 6.07) is 13.8. The largest absolute Gasteiger partial charge is 0.422 e. The van der Waals surface area contributed by atoms with Crippen LogP contribution in [0.3, 0.4) is 0 Å². The Morgan fingerprint density at radius 1 is 1.12 bits per heavy atom. The Hall–Kier alpha value is -3.21. The molecule has 0 bridgehead atoms. The lowest BCUT2D eigenvalue weighted by Crippen LogP contribution is -2.31. The van der Waals surface area contributed by atoms with Crippen molar-refractivity contribution >= 4 is 22.8 Å². The van der Waals surface area contributed by atoms with Crippen molar-refractivity contribution < 1.29 is 9.21 Å². The summed E-state index contributed by atoms with van der Waals surface area (Å²) in [5, 5.41) is 0.311. The van der Waals surface area contributed by atoms with Gasteiger partial charge in [-0.1, -0.05) is 42.5 Å². The van der Waals surface area contributed by atoms with Gasteiger partial charge < -0.3 is 4.42 Å². The third kappa shape index (κ3) is 2.96. The molecule has 24 heavy (non-hydrogen) atoms. The van der Waals surface area contributed by atoms with Crippen LogP contribution in [0.25, 0.3) is 17.0 Å². The molecule has 0 N–H and O–H groups in total. The van der Waals surface area contributed by atoms with Gasteiger partial charge in [0.15, 0.2) is 5.78 Å². The van der Waals surface area contributed by atoms with E-state index in [1.165, 1.54) is 6.08 Å². The van der Waals surface area contributed by atoms with Gasteiger partial charge in [-0.25, -0.2) is 9.36 Å². The van der Waals surface area contributed by atoms with E-state index in [2.05, 4.69) is 0 Å². The van der Waals surface area contributed by atoms with Gasteiger partial charge in [-0.3, -0.25) is 9.59 Å². The van der Waals surface area contributed by atoms with Gasteiger partial charge >= 0.3 is 5.76 Å². The Morgan fingerprint density at radius 2 is 1.88 bits per heavy atom. The van der Waals surface area contributed by atoms with Gasteiger partial charge in [-0.2, -0.15) is 0 Å². The molecule has 0 aliphatic heterocycles. The molecule has 0 atom stereocenters. The topological polar surface area (TPSA) is 69.3 Å². The molecule has 120 valence electrons. The van der Waals surface area contributed by atoms with Crippen molar-refractivity contribution in [2.24, 2.45) is 0 Å². The molecule has 0 aliphatic carbocycles. The molecule has 5 heteroatoms. The van der Waals surface area contributed by atoms with Crippen molar-refractivity contribution in [3.63, 3.8) is 0 Å². The van der Waals surface area contributed by atoms with Gasteiger partial charge in [0.1, 0.15) is 5.58 Å². The van der Waals surface area contributed by atoms with Crippen LogP contribution in [0, 0.1) is 0 Å². The molecule has 1 aromatic heterocycles. The molecule has 0 aliphatic rings. The maximum absolute atomic E-state index is 12.3. The molecule has 0 amide bonds. The van der Waals surface area contributed by atoms with Crippen LogP contribution in [0.4, 0.5) is 0 Å². The van der Waals surface area contributed by atoms with E-state index in [-0.39, 0.29) is 17.9 Å². The highest BCUT2D eigenvalue weighted by Crippen LogP contribution is 2.13. The summed E-state index contributed by atoms with van der Waals surface area (Å²) >= 11 is 0. The summed E-state index contributed by atoms with van der Waals surface area (Å²) < 4.78 is 6.16. The van der Waals surface area contributed by atoms with Crippen molar-refractivity contribution in [2.45, 2.75) is 13.5 Å². The van der Waals surface area contributed by atoms with Gasteiger partial charge in [-0.05, 0) is 30.7 Å². The first-order valence-corrected chi connectivity index (χ1v) is 7.55. The van der Waals surface area contributed by atoms with Crippen molar-refractivity contribution in [2.75, 3.05) is 0 Å². The summed E-state index contributed by atoms with van der Waals surface area (Å²) in [6.07, 6.45) is 3.09. The number of carbonyl (C=O) groups is 1. The van der Waals surface area contributed by atoms with Crippen LogP contribution in [-0.4, -0.2) is 10.4 Å². The summed E-state index contributed by atoms with van der Waals surface area (Å²) in [7, 11) is 0. The van der Waals surface area contributed by atoms with Gasteiger partial charge in [0, 0.05) is 12.1 Å². The molecule has 2 aromatic carbocycles. The van der Waals surface area contributed by atoms with E-state index >= 15 is 0 Å². The van der Waals surface area contributed by atoms with Gasteiger partial charge in [0.2, 0.25) is 0 Å². The molecular weight excluding hydrogens is 306 g/mol. The minimum absolute atomic E-state index is 0.124. The smallest absolute Gasteiger partial charge is 0.409 e. The first-order valence-electron chi connectivity index (χ1n) is 7.55. The van der Waals surface area contributed by atoms with Crippen molar-refractivity contribution in [3.05, 3.63) is 86.6 Å². The zero-order valence-electron chi connectivity index (χ0n) is 13.1. The van der Waals surface area contributed by atoms with E-state index in [9.17, 15) is 14.4 Å². The third-order valence-corrected chi connectivity index (χ3v) is 3.70. The van der Waals surface area contributed by atoms with Crippen molar-refractivity contribution in [1.29, 1.82) is 0 Å². The fraction of sp³-hybridized carbons (Fsp3) is 0.105. The number of benzene rings is 2. The molecule has 3 rings (SSSR count). The lowest BCUT2D eigenvalue weighted by Gasteiger charge is -2.02. The van der Waals surface area contributed by atoms with Crippen LogP contribution in [0.5, 0.6) is 0 Å². The zero-order valence-corrected chi connectivity index (χ0v) is 13.1. The van der Waals surface area contributed by atoms with Gasteiger partial charge in [0.05, 0.1) is 5.39 Å². The van der Waals surface area contributed by atoms with E-state index in [1.807, 2.05) is 6.07 Å².